The number of nitrogens with zero attached hydrogens (tertiary/aromatic N) is 3. The summed E-state index contributed by atoms with van der Waals surface area (Å²) in [5.41, 5.74) is 2.05. The van der Waals surface area contributed by atoms with E-state index in [2.05, 4.69) is 15.3 Å². The van der Waals surface area contributed by atoms with Crippen molar-refractivity contribution in [2.24, 2.45) is 0 Å². The Labute approximate surface area is 140 Å². The highest BCUT2D eigenvalue weighted by Gasteiger charge is 2.11. The molecule has 0 atom stereocenters. The lowest BCUT2D eigenvalue weighted by molar-refractivity contribution is 0.0931. The molecule has 3 aromatic rings. The number of aromatic nitrogens is 2. The number of amides is 1. The van der Waals surface area contributed by atoms with E-state index in [0.29, 0.717) is 19.0 Å². The monoisotopic (exact) mass is 324 g/mol. The lowest BCUT2D eigenvalue weighted by Gasteiger charge is -2.15. The first-order chi connectivity index (χ1) is 11.7. The van der Waals surface area contributed by atoms with Gasteiger partial charge in [-0.05, 0) is 25.2 Å². The van der Waals surface area contributed by atoms with E-state index >= 15 is 0 Å². The Bertz CT molecular complexity index is 807. The molecule has 0 fully saturated rings. The van der Waals surface area contributed by atoms with E-state index in [1.165, 1.54) is 0 Å². The van der Waals surface area contributed by atoms with Crippen molar-refractivity contribution >= 4 is 5.91 Å². The van der Waals surface area contributed by atoms with E-state index in [1.54, 1.807) is 13.1 Å². The summed E-state index contributed by atoms with van der Waals surface area (Å²) in [6, 6.07) is 15.6. The van der Waals surface area contributed by atoms with Gasteiger partial charge in [-0.25, -0.2) is 0 Å². The molecule has 0 bridgehead atoms. The number of benzene rings is 1. The molecule has 2 aromatic heterocycles. The quantitative estimate of drug-likeness (QED) is 0.757. The second-order valence-electron chi connectivity index (χ2n) is 5.61. The average Bonchev–Trinajstić information content (AvgIpc) is 3.24. The van der Waals surface area contributed by atoms with Crippen molar-refractivity contribution in [2.45, 2.75) is 13.2 Å². The Kier molecular flexibility index (Phi) is 4.77. The number of rotatable bonds is 6. The second-order valence-corrected chi connectivity index (χ2v) is 5.61. The highest BCUT2D eigenvalue weighted by atomic mass is 16.4. The molecule has 1 N–H and O–H groups in total. The molecule has 0 radical (unpaired) electrons. The van der Waals surface area contributed by atoms with Crippen LogP contribution in [0.15, 0.2) is 59.1 Å². The molecule has 2 heterocycles. The van der Waals surface area contributed by atoms with Crippen LogP contribution in [0.1, 0.15) is 16.3 Å². The normalized spacial score (nSPS) is 11.0. The Morgan fingerprint density at radius 2 is 2.00 bits per heavy atom. The van der Waals surface area contributed by atoms with Gasteiger partial charge in [0.05, 0.1) is 18.9 Å². The lowest BCUT2D eigenvalue weighted by Crippen LogP contribution is -2.21. The Balaban J connectivity index is 1.61. The molecule has 0 aliphatic carbocycles. The molecule has 0 aliphatic rings. The van der Waals surface area contributed by atoms with Crippen LogP contribution >= 0.6 is 0 Å². The number of furan rings is 1. The summed E-state index contributed by atoms with van der Waals surface area (Å²) in [5.74, 6) is 0.848. The predicted molar refractivity (Wildman–Crippen MR) is 91.2 cm³/mol. The molecule has 6 nitrogen and oxygen atoms in total. The third-order valence-corrected chi connectivity index (χ3v) is 3.63. The number of nitrogens with one attached hydrogen (secondary N) is 1. The maximum absolute atomic E-state index is 11.5. The fraction of sp³-hybridized carbons (Fsp3) is 0.222. The first-order valence-electron chi connectivity index (χ1n) is 7.74. The maximum atomic E-state index is 11.5. The largest absolute Gasteiger partial charge is 0.455 e. The molecular formula is C18H20N4O2. The van der Waals surface area contributed by atoms with Crippen molar-refractivity contribution in [1.29, 1.82) is 0 Å². The minimum atomic E-state index is -0.219. The van der Waals surface area contributed by atoms with Crippen LogP contribution < -0.4 is 5.32 Å². The van der Waals surface area contributed by atoms with Crippen LogP contribution in [-0.2, 0) is 13.2 Å². The molecule has 0 saturated carbocycles. The summed E-state index contributed by atoms with van der Waals surface area (Å²) in [6.45, 7) is 1.22. The van der Waals surface area contributed by atoms with Gasteiger partial charge in [-0.15, -0.1) is 0 Å². The standard InChI is InChI=1S/C18H20N4O2/c1-19-18(23)17-9-8-15(24-17)12-21(2)13-22-11-10-16(20-22)14-6-4-3-5-7-14/h3-11H,12-13H2,1-2H3,(H,19,23). The zero-order valence-corrected chi connectivity index (χ0v) is 13.8. The first-order valence-corrected chi connectivity index (χ1v) is 7.74. The van der Waals surface area contributed by atoms with Crippen molar-refractivity contribution in [1.82, 2.24) is 20.0 Å². The van der Waals surface area contributed by atoms with Crippen LogP contribution in [0.3, 0.4) is 0 Å². The number of hydrogen-bond acceptors (Lipinski definition) is 4. The van der Waals surface area contributed by atoms with Gasteiger partial charge in [-0.1, -0.05) is 30.3 Å². The number of carbonyl (C=O) groups excluding carboxylic acids is 1. The Morgan fingerprint density at radius 1 is 1.21 bits per heavy atom. The van der Waals surface area contributed by atoms with Crippen molar-refractivity contribution in [3.63, 3.8) is 0 Å². The molecule has 3 rings (SSSR count). The zero-order chi connectivity index (χ0) is 16.9. The Hall–Kier alpha value is -2.86. The minimum Gasteiger partial charge on any atom is -0.455 e. The van der Waals surface area contributed by atoms with Crippen LogP contribution in [0.2, 0.25) is 0 Å². The van der Waals surface area contributed by atoms with Crippen molar-refractivity contribution < 1.29 is 9.21 Å². The Morgan fingerprint density at radius 3 is 2.75 bits per heavy atom. The molecule has 0 aliphatic heterocycles. The number of hydrogen-bond donors (Lipinski definition) is 1. The number of carbonyl (C=O) groups is 1. The maximum Gasteiger partial charge on any atom is 0.286 e. The third kappa shape index (κ3) is 3.72. The molecule has 0 saturated heterocycles. The summed E-state index contributed by atoms with van der Waals surface area (Å²) in [7, 11) is 3.56. The third-order valence-electron chi connectivity index (χ3n) is 3.63. The molecule has 1 aromatic carbocycles. The van der Waals surface area contributed by atoms with Crippen LogP contribution in [-0.4, -0.2) is 34.7 Å². The van der Waals surface area contributed by atoms with E-state index in [0.717, 1.165) is 17.0 Å². The lowest BCUT2D eigenvalue weighted by atomic mass is 10.2. The van der Waals surface area contributed by atoms with Gasteiger partial charge in [0.1, 0.15) is 5.76 Å². The van der Waals surface area contributed by atoms with Crippen LogP contribution in [0.4, 0.5) is 0 Å². The topological polar surface area (TPSA) is 63.3 Å². The highest BCUT2D eigenvalue weighted by Crippen LogP contribution is 2.16. The molecule has 24 heavy (non-hydrogen) atoms. The molecule has 0 unspecified atom stereocenters. The minimum absolute atomic E-state index is 0.219. The fourth-order valence-corrected chi connectivity index (χ4v) is 2.47. The van der Waals surface area contributed by atoms with Crippen molar-refractivity contribution in [2.75, 3.05) is 14.1 Å². The van der Waals surface area contributed by atoms with Crippen LogP contribution in [0, 0.1) is 0 Å². The van der Waals surface area contributed by atoms with E-state index in [4.69, 9.17) is 4.42 Å². The van der Waals surface area contributed by atoms with Gasteiger partial charge < -0.3 is 9.73 Å². The van der Waals surface area contributed by atoms with E-state index in [1.807, 2.05) is 60.4 Å². The smallest absolute Gasteiger partial charge is 0.286 e. The van der Waals surface area contributed by atoms with Crippen molar-refractivity contribution in [3.05, 3.63) is 66.2 Å². The molecular weight excluding hydrogens is 304 g/mol. The van der Waals surface area contributed by atoms with Gasteiger partial charge in [-0.3, -0.25) is 14.4 Å². The predicted octanol–water partition coefficient (Wildman–Crippen LogP) is 2.59. The summed E-state index contributed by atoms with van der Waals surface area (Å²) in [5, 5.41) is 7.13. The van der Waals surface area contributed by atoms with E-state index in [-0.39, 0.29) is 5.91 Å². The fourth-order valence-electron chi connectivity index (χ4n) is 2.47. The molecule has 1 amide bonds. The molecule has 0 spiro atoms. The summed E-state index contributed by atoms with van der Waals surface area (Å²) in [6.07, 6.45) is 1.96. The average molecular weight is 324 g/mol. The summed E-state index contributed by atoms with van der Waals surface area (Å²) >= 11 is 0. The van der Waals surface area contributed by atoms with Crippen LogP contribution in [0.25, 0.3) is 11.3 Å². The van der Waals surface area contributed by atoms with E-state index < -0.39 is 0 Å². The summed E-state index contributed by atoms with van der Waals surface area (Å²) < 4.78 is 7.42. The van der Waals surface area contributed by atoms with Gasteiger partial charge in [0.25, 0.3) is 5.91 Å². The summed E-state index contributed by atoms with van der Waals surface area (Å²) in [4.78, 5) is 13.6. The molecule has 124 valence electrons. The van der Waals surface area contributed by atoms with Gasteiger partial charge in [-0.2, -0.15) is 5.10 Å². The van der Waals surface area contributed by atoms with Gasteiger partial charge in [0, 0.05) is 18.8 Å². The first kappa shape index (κ1) is 16.0. The zero-order valence-electron chi connectivity index (χ0n) is 13.8. The second kappa shape index (κ2) is 7.14. The van der Waals surface area contributed by atoms with Crippen molar-refractivity contribution in [3.8, 4) is 11.3 Å². The van der Waals surface area contributed by atoms with Gasteiger partial charge >= 0.3 is 0 Å². The highest BCUT2D eigenvalue weighted by molar-refractivity contribution is 5.91. The van der Waals surface area contributed by atoms with Gasteiger partial charge in [0.2, 0.25) is 0 Å². The van der Waals surface area contributed by atoms with E-state index in [9.17, 15) is 4.79 Å². The SMILES string of the molecule is CNC(=O)c1ccc(CN(C)Cn2ccc(-c3ccccc3)n2)o1. The van der Waals surface area contributed by atoms with Gasteiger partial charge in [0.15, 0.2) is 5.76 Å². The van der Waals surface area contributed by atoms with Crippen LogP contribution in [0.5, 0.6) is 0 Å². The molecule has 6 heteroatoms.